The Hall–Kier alpha value is -4.98. The fraction of sp³-hybridized carbons (Fsp3) is 0.0714. The molecule has 0 aliphatic carbocycles. The van der Waals surface area contributed by atoms with Crippen LogP contribution in [0.1, 0.15) is 12.5 Å². The number of hydrogen-bond acceptors (Lipinski definition) is 6. The molecule has 0 aliphatic heterocycles. The summed E-state index contributed by atoms with van der Waals surface area (Å²) in [6, 6.07) is 24.9. The summed E-state index contributed by atoms with van der Waals surface area (Å²) in [7, 11) is 0. The molecule has 0 atom stereocenters. The van der Waals surface area contributed by atoms with Crippen molar-refractivity contribution in [2.45, 2.75) is 13.5 Å². The zero-order valence-corrected chi connectivity index (χ0v) is 19.6. The number of nitrogens with one attached hydrogen (secondary N) is 1. The van der Waals surface area contributed by atoms with Gasteiger partial charge in [0.05, 0.1) is 11.9 Å². The summed E-state index contributed by atoms with van der Waals surface area (Å²) in [6.45, 7) is 2.24. The van der Waals surface area contributed by atoms with Crippen molar-refractivity contribution in [3.8, 4) is 22.8 Å². The van der Waals surface area contributed by atoms with Crippen LogP contribution in [0, 0.1) is 0 Å². The molecule has 0 unspecified atom stereocenters. The lowest BCUT2D eigenvalue weighted by Gasteiger charge is -2.07. The largest absolute Gasteiger partial charge is 0.457 e. The standard InChI is InChI=1S/C28H24N6O2/c1-2-7-24(35)32-21-9-6-8-19(16-21)17-34-28-25(27(29)30-18-31-28)26(33-34)20-12-14-23(15-13-20)36-22-10-4-3-5-11-22/h2-16,18H,17H2,1H3,(H,32,35)(H2,29,30,31). The number of carbonyl (C=O) groups excluding carboxylic acids is 1. The summed E-state index contributed by atoms with van der Waals surface area (Å²) in [4.78, 5) is 20.6. The van der Waals surface area contributed by atoms with Gasteiger partial charge < -0.3 is 15.8 Å². The fourth-order valence-corrected chi connectivity index (χ4v) is 3.90. The Morgan fingerprint density at radius 1 is 1.00 bits per heavy atom. The first-order valence-corrected chi connectivity index (χ1v) is 11.4. The van der Waals surface area contributed by atoms with Crippen LogP contribution in [-0.2, 0) is 11.3 Å². The van der Waals surface area contributed by atoms with Gasteiger partial charge in [-0.3, -0.25) is 4.79 Å². The number of carbonyl (C=O) groups is 1. The molecule has 0 aliphatic rings. The highest BCUT2D eigenvalue weighted by Gasteiger charge is 2.17. The molecule has 36 heavy (non-hydrogen) atoms. The molecule has 0 radical (unpaired) electrons. The summed E-state index contributed by atoms with van der Waals surface area (Å²) in [5, 5.41) is 8.39. The number of aromatic nitrogens is 4. The lowest BCUT2D eigenvalue weighted by Crippen LogP contribution is -2.08. The van der Waals surface area contributed by atoms with Gasteiger partial charge in [0, 0.05) is 11.3 Å². The van der Waals surface area contributed by atoms with E-state index in [4.69, 9.17) is 15.6 Å². The minimum atomic E-state index is -0.179. The molecule has 0 saturated heterocycles. The minimum Gasteiger partial charge on any atom is -0.457 e. The van der Waals surface area contributed by atoms with Crippen LogP contribution in [0.4, 0.5) is 11.5 Å². The number of nitrogen functional groups attached to an aromatic ring is 1. The number of nitrogens with zero attached hydrogens (tertiary/aromatic N) is 4. The summed E-state index contributed by atoms with van der Waals surface area (Å²) in [6.07, 6.45) is 4.61. The maximum absolute atomic E-state index is 11.9. The average molecular weight is 477 g/mol. The van der Waals surface area contributed by atoms with Gasteiger partial charge in [0.15, 0.2) is 5.65 Å². The topological polar surface area (TPSA) is 108 Å². The van der Waals surface area contributed by atoms with E-state index in [-0.39, 0.29) is 5.91 Å². The first-order chi connectivity index (χ1) is 17.6. The number of allylic oxidation sites excluding steroid dienone is 1. The van der Waals surface area contributed by atoms with E-state index in [9.17, 15) is 4.79 Å². The second-order valence-corrected chi connectivity index (χ2v) is 8.09. The predicted octanol–water partition coefficient (Wildman–Crippen LogP) is 5.43. The number of anilines is 2. The maximum Gasteiger partial charge on any atom is 0.248 e. The zero-order chi connectivity index (χ0) is 24.9. The van der Waals surface area contributed by atoms with Gasteiger partial charge in [-0.1, -0.05) is 36.4 Å². The van der Waals surface area contributed by atoms with Gasteiger partial charge in [-0.25, -0.2) is 14.6 Å². The van der Waals surface area contributed by atoms with E-state index in [1.54, 1.807) is 17.7 Å². The van der Waals surface area contributed by atoms with E-state index < -0.39 is 0 Å². The normalized spacial score (nSPS) is 11.1. The Bertz CT molecular complexity index is 1540. The van der Waals surface area contributed by atoms with E-state index in [1.165, 1.54) is 12.4 Å². The Morgan fingerprint density at radius 3 is 2.56 bits per heavy atom. The highest BCUT2D eigenvalue weighted by Crippen LogP contribution is 2.32. The molecule has 8 nitrogen and oxygen atoms in total. The summed E-state index contributed by atoms with van der Waals surface area (Å²) in [5.41, 5.74) is 10.1. The third kappa shape index (κ3) is 4.92. The number of fused-ring (bicyclic) bond motifs is 1. The van der Waals surface area contributed by atoms with Crippen molar-refractivity contribution in [1.29, 1.82) is 0 Å². The second kappa shape index (κ2) is 10.1. The molecule has 8 heteroatoms. The molecule has 0 fully saturated rings. The summed E-state index contributed by atoms with van der Waals surface area (Å²) >= 11 is 0. The van der Waals surface area contributed by atoms with Crippen molar-refractivity contribution >= 4 is 28.4 Å². The Balaban J connectivity index is 1.45. The third-order valence-electron chi connectivity index (χ3n) is 5.51. The molecule has 5 rings (SSSR count). The van der Waals surface area contributed by atoms with E-state index in [2.05, 4.69) is 15.3 Å². The SMILES string of the molecule is CC=CC(=O)Nc1cccc(Cn2nc(-c3ccc(Oc4ccccc4)cc3)c3c(N)ncnc32)c1. The van der Waals surface area contributed by atoms with E-state index >= 15 is 0 Å². The molecular formula is C28H24N6O2. The molecule has 5 aromatic rings. The van der Waals surface area contributed by atoms with Crippen LogP contribution < -0.4 is 15.8 Å². The van der Waals surface area contributed by atoms with Gasteiger partial charge in [-0.15, -0.1) is 0 Å². The second-order valence-electron chi connectivity index (χ2n) is 8.09. The van der Waals surface area contributed by atoms with Gasteiger partial charge in [0.2, 0.25) is 5.91 Å². The monoisotopic (exact) mass is 476 g/mol. The van der Waals surface area contributed by atoms with Crippen LogP contribution in [0.3, 0.4) is 0 Å². The molecule has 3 N–H and O–H groups in total. The first-order valence-electron chi connectivity index (χ1n) is 11.4. The molecule has 2 heterocycles. The van der Waals surface area contributed by atoms with Crippen molar-refractivity contribution in [3.63, 3.8) is 0 Å². The van der Waals surface area contributed by atoms with Gasteiger partial charge in [-0.2, -0.15) is 5.10 Å². The number of rotatable bonds is 7. The highest BCUT2D eigenvalue weighted by molar-refractivity contribution is 5.99. The quantitative estimate of drug-likeness (QED) is 0.303. The molecule has 0 spiro atoms. The molecule has 0 saturated carbocycles. The van der Waals surface area contributed by atoms with Crippen molar-refractivity contribution in [3.05, 3.63) is 103 Å². The van der Waals surface area contributed by atoms with Crippen molar-refractivity contribution in [2.24, 2.45) is 0 Å². The molecule has 1 amide bonds. The smallest absolute Gasteiger partial charge is 0.248 e. The van der Waals surface area contributed by atoms with E-state index in [0.717, 1.165) is 22.6 Å². The van der Waals surface area contributed by atoms with Crippen LogP contribution in [0.2, 0.25) is 0 Å². The van der Waals surface area contributed by atoms with Gasteiger partial charge in [0.25, 0.3) is 0 Å². The maximum atomic E-state index is 11.9. The predicted molar refractivity (Wildman–Crippen MR) is 141 cm³/mol. The van der Waals surface area contributed by atoms with E-state index in [1.807, 2.05) is 78.9 Å². The summed E-state index contributed by atoms with van der Waals surface area (Å²) < 4.78 is 7.70. The highest BCUT2D eigenvalue weighted by atomic mass is 16.5. The number of benzene rings is 3. The van der Waals surface area contributed by atoms with Gasteiger partial charge in [-0.05, 0) is 67.1 Å². The molecule has 0 bridgehead atoms. The van der Waals surface area contributed by atoms with Crippen molar-refractivity contribution in [1.82, 2.24) is 19.7 Å². The molecule has 178 valence electrons. The molecule has 3 aromatic carbocycles. The zero-order valence-electron chi connectivity index (χ0n) is 19.6. The number of para-hydroxylation sites is 1. The van der Waals surface area contributed by atoms with E-state index in [0.29, 0.717) is 34.8 Å². The Morgan fingerprint density at radius 2 is 1.78 bits per heavy atom. The third-order valence-corrected chi connectivity index (χ3v) is 5.51. The fourth-order valence-electron chi connectivity index (χ4n) is 3.90. The molecular weight excluding hydrogens is 452 g/mol. The van der Waals surface area contributed by atoms with Crippen molar-refractivity contribution < 1.29 is 9.53 Å². The van der Waals surface area contributed by atoms with Crippen molar-refractivity contribution in [2.75, 3.05) is 11.1 Å². The number of nitrogens with two attached hydrogens (primary N) is 1. The van der Waals surface area contributed by atoms with Crippen LogP contribution in [0.15, 0.2) is 97.3 Å². The lowest BCUT2D eigenvalue weighted by atomic mass is 10.1. The van der Waals surface area contributed by atoms with Gasteiger partial charge in [0.1, 0.15) is 29.3 Å². The molecule has 2 aromatic heterocycles. The number of hydrogen-bond donors (Lipinski definition) is 2. The Kier molecular flexibility index (Phi) is 6.40. The van der Waals surface area contributed by atoms with Crippen LogP contribution in [0.5, 0.6) is 11.5 Å². The summed E-state index contributed by atoms with van der Waals surface area (Å²) in [5.74, 6) is 1.66. The van der Waals surface area contributed by atoms with Gasteiger partial charge >= 0.3 is 0 Å². The van der Waals surface area contributed by atoms with Crippen LogP contribution in [-0.4, -0.2) is 25.7 Å². The van der Waals surface area contributed by atoms with Crippen LogP contribution in [0.25, 0.3) is 22.3 Å². The Labute approximate surface area is 208 Å². The first kappa shape index (κ1) is 22.8. The lowest BCUT2D eigenvalue weighted by molar-refractivity contribution is -0.111. The number of amides is 1. The number of ether oxygens (including phenoxy) is 1. The average Bonchev–Trinajstić information content (AvgIpc) is 3.25. The van der Waals surface area contributed by atoms with Crippen LogP contribution >= 0.6 is 0 Å². The minimum absolute atomic E-state index is 0.179.